The highest BCUT2D eigenvalue weighted by Gasteiger charge is 2.29. The van der Waals surface area contributed by atoms with Gasteiger partial charge in [-0.2, -0.15) is 0 Å². The summed E-state index contributed by atoms with van der Waals surface area (Å²) < 4.78 is 8.84. The smallest absolute Gasteiger partial charge is 0.222 e. The predicted octanol–water partition coefficient (Wildman–Crippen LogP) is 6.22. The van der Waals surface area contributed by atoms with Crippen molar-refractivity contribution in [2.75, 3.05) is 26.2 Å². The molecule has 2 aliphatic heterocycles. The van der Waals surface area contributed by atoms with Crippen LogP contribution >= 0.6 is 0 Å². The molecular formula is C32H41N3O2. The number of hydrogen-bond acceptors (Lipinski definition) is 3. The van der Waals surface area contributed by atoms with Gasteiger partial charge in [-0.25, -0.2) is 0 Å². The van der Waals surface area contributed by atoms with E-state index in [-0.39, 0.29) is 0 Å². The second-order valence-electron chi connectivity index (χ2n) is 11.3. The third-order valence-corrected chi connectivity index (χ3v) is 8.97. The van der Waals surface area contributed by atoms with E-state index < -0.39 is 0 Å². The molecule has 2 aromatic carbocycles. The molecule has 3 heterocycles. The van der Waals surface area contributed by atoms with Crippen molar-refractivity contribution in [3.05, 3.63) is 66.4 Å². The van der Waals surface area contributed by atoms with E-state index in [2.05, 4.69) is 69.1 Å². The summed E-state index contributed by atoms with van der Waals surface area (Å²) in [4.78, 5) is 17.5. The minimum Gasteiger partial charge on any atom is -0.490 e. The quantitative estimate of drug-likeness (QED) is 0.369. The fourth-order valence-corrected chi connectivity index (χ4v) is 6.48. The van der Waals surface area contributed by atoms with Crippen LogP contribution in [0.3, 0.4) is 0 Å². The monoisotopic (exact) mass is 499 g/mol. The van der Waals surface area contributed by atoms with Gasteiger partial charge in [-0.1, -0.05) is 36.8 Å². The first-order valence-electron chi connectivity index (χ1n) is 14.6. The number of rotatable bonds is 8. The van der Waals surface area contributed by atoms with Crippen molar-refractivity contribution in [1.82, 2.24) is 14.4 Å². The maximum Gasteiger partial charge on any atom is 0.222 e. The Labute approximate surface area is 221 Å². The van der Waals surface area contributed by atoms with Gasteiger partial charge in [0, 0.05) is 61.8 Å². The van der Waals surface area contributed by atoms with Crippen LogP contribution in [0.1, 0.15) is 69.4 Å². The summed E-state index contributed by atoms with van der Waals surface area (Å²) in [5, 5.41) is 1.25. The molecular weight excluding hydrogens is 458 g/mol. The lowest BCUT2D eigenvalue weighted by atomic mass is 9.90. The fraction of sp³-hybridized carbons (Fsp3) is 0.531. The number of piperidine rings is 2. The van der Waals surface area contributed by atoms with Gasteiger partial charge in [0.25, 0.3) is 0 Å². The summed E-state index contributed by atoms with van der Waals surface area (Å²) in [6.45, 7) is 4.08. The van der Waals surface area contributed by atoms with E-state index in [0.29, 0.717) is 24.5 Å². The van der Waals surface area contributed by atoms with Gasteiger partial charge in [-0.3, -0.25) is 4.79 Å². The number of carbonyl (C=O) groups excluding carboxylic acids is 1. The molecule has 0 radical (unpaired) electrons. The van der Waals surface area contributed by atoms with Crippen molar-refractivity contribution in [3.8, 4) is 5.75 Å². The third kappa shape index (κ3) is 5.72. The molecule has 0 atom stereocenters. The maximum atomic E-state index is 12.8. The Bertz CT molecular complexity index is 1170. The maximum absolute atomic E-state index is 12.8. The van der Waals surface area contributed by atoms with Crippen LogP contribution in [0.5, 0.6) is 5.75 Å². The summed E-state index contributed by atoms with van der Waals surface area (Å²) >= 11 is 0. The number of aromatic nitrogens is 1. The number of nitrogens with zero attached hydrogens (tertiary/aromatic N) is 3. The third-order valence-electron chi connectivity index (χ3n) is 8.97. The Morgan fingerprint density at radius 2 is 1.62 bits per heavy atom. The van der Waals surface area contributed by atoms with Crippen LogP contribution in [0, 0.1) is 0 Å². The normalized spacial score (nSPS) is 20.3. The highest BCUT2D eigenvalue weighted by atomic mass is 16.5. The van der Waals surface area contributed by atoms with Crippen LogP contribution in [-0.4, -0.2) is 58.6 Å². The minimum atomic E-state index is 0.312. The Kier molecular flexibility index (Phi) is 7.50. The number of fused-ring (bicyclic) bond motifs is 1. The highest BCUT2D eigenvalue weighted by Crippen LogP contribution is 2.32. The number of aryl methyl sites for hydroxylation is 1. The molecule has 1 aromatic heterocycles. The Morgan fingerprint density at radius 3 is 2.35 bits per heavy atom. The number of benzene rings is 2. The number of hydrogen-bond donors (Lipinski definition) is 0. The molecule has 37 heavy (non-hydrogen) atoms. The molecule has 3 aliphatic rings. The van der Waals surface area contributed by atoms with Crippen molar-refractivity contribution < 1.29 is 9.53 Å². The molecule has 5 heteroatoms. The van der Waals surface area contributed by atoms with Crippen molar-refractivity contribution in [1.29, 1.82) is 0 Å². The second kappa shape index (κ2) is 11.3. The number of carbonyl (C=O) groups is 1. The number of likely N-dealkylation sites (tertiary alicyclic amines) is 2. The Hall–Kier alpha value is -2.79. The summed E-state index contributed by atoms with van der Waals surface area (Å²) in [5.74, 6) is 1.32. The van der Waals surface area contributed by atoms with Crippen molar-refractivity contribution in [2.24, 2.45) is 0 Å². The first-order chi connectivity index (χ1) is 18.2. The van der Waals surface area contributed by atoms with Gasteiger partial charge in [0.15, 0.2) is 0 Å². The van der Waals surface area contributed by atoms with Crippen molar-refractivity contribution in [2.45, 2.75) is 82.4 Å². The van der Waals surface area contributed by atoms with Gasteiger partial charge < -0.3 is 19.1 Å². The van der Waals surface area contributed by atoms with E-state index in [1.54, 1.807) is 0 Å². The molecule has 0 unspecified atom stereocenters. The van der Waals surface area contributed by atoms with Crippen molar-refractivity contribution >= 4 is 16.8 Å². The zero-order chi connectivity index (χ0) is 25.0. The zero-order valence-corrected chi connectivity index (χ0v) is 22.1. The van der Waals surface area contributed by atoms with Gasteiger partial charge in [0.05, 0.1) is 0 Å². The van der Waals surface area contributed by atoms with Gasteiger partial charge in [-0.15, -0.1) is 0 Å². The van der Waals surface area contributed by atoms with E-state index in [1.807, 2.05) is 6.07 Å². The van der Waals surface area contributed by atoms with E-state index in [4.69, 9.17) is 4.74 Å². The lowest BCUT2D eigenvalue weighted by Crippen LogP contribution is -2.46. The molecule has 1 aliphatic carbocycles. The summed E-state index contributed by atoms with van der Waals surface area (Å²) in [6.07, 6.45) is 13.6. The molecule has 0 spiro atoms. The molecule has 0 bridgehead atoms. The molecule has 5 nitrogen and oxygen atoms in total. The largest absolute Gasteiger partial charge is 0.490 e. The van der Waals surface area contributed by atoms with Crippen LogP contribution in [-0.2, 0) is 11.2 Å². The molecule has 3 fully saturated rings. The molecule has 3 aromatic rings. The Morgan fingerprint density at radius 1 is 0.838 bits per heavy atom. The average molecular weight is 500 g/mol. The summed E-state index contributed by atoms with van der Waals surface area (Å²) in [7, 11) is 0. The van der Waals surface area contributed by atoms with Crippen LogP contribution in [0.2, 0.25) is 0 Å². The van der Waals surface area contributed by atoms with E-state index in [9.17, 15) is 4.79 Å². The molecule has 196 valence electrons. The van der Waals surface area contributed by atoms with Gasteiger partial charge in [-0.05, 0) is 81.2 Å². The van der Waals surface area contributed by atoms with E-state index in [1.165, 1.54) is 48.8 Å². The number of ether oxygens (including phenoxy) is 1. The SMILES string of the molecule is O=C(CCCc1ccccc1)N1CCC(n2ccc3cc(OC4CCN(C5CCC5)CC4)ccc32)CC1. The first kappa shape index (κ1) is 24.5. The van der Waals surface area contributed by atoms with Crippen LogP contribution in [0.4, 0.5) is 0 Å². The molecule has 2 saturated heterocycles. The lowest BCUT2D eigenvalue weighted by molar-refractivity contribution is -0.132. The van der Waals surface area contributed by atoms with Crippen LogP contribution in [0.25, 0.3) is 10.9 Å². The summed E-state index contributed by atoms with van der Waals surface area (Å²) in [6, 6.07) is 20.6. The topological polar surface area (TPSA) is 37.7 Å². The van der Waals surface area contributed by atoms with Gasteiger partial charge in [0.2, 0.25) is 5.91 Å². The standard InChI is InChI=1S/C32H41N3O2/c36-32(11-4-8-25-6-2-1-3-7-25)34-19-15-28(16-20-34)35-23-14-26-24-30(12-13-31(26)35)37-29-17-21-33(22-18-29)27-9-5-10-27/h1-3,6-7,12-14,23-24,27-29H,4-5,8-11,15-22H2. The number of amides is 1. The Balaban J connectivity index is 0.986. The second-order valence-corrected chi connectivity index (χ2v) is 11.3. The van der Waals surface area contributed by atoms with E-state index in [0.717, 1.165) is 63.4 Å². The van der Waals surface area contributed by atoms with E-state index >= 15 is 0 Å². The molecule has 1 amide bonds. The van der Waals surface area contributed by atoms with Crippen LogP contribution in [0.15, 0.2) is 60.8 Å². The van der Waals surface area contributed by atoms with Crippen LogP contribution < -0.4 is 4.74 Å². The minimum absolute atomic E-state index is 0.312. The first-order valence-corrected chi connectivity index (χ1v) is 14.6. The fourth-order valence-electron chi connectivity index (χ4n) is 6.48. The lowest BCUT2D eigenvalue weighted by Gasteiger charge is -2.41. The average Bonchev–Trinajstić information content (AvgIpc) is 3.33. The molecule has 0 N–H and O–H groups in total. The molecule has 1 saturated carbocycles. The van der Waals surface area contributed by atoms with Gasteiger partial charge >= 0.3 is 0 Å². The predicted molar refractivity (Wildman–Crippen MR) is 149 cm³/mol. The van der Waals surface area contributed by atoms with Crippen molar-refractivity contribution in [3.63, 3.8) is 0 Å². The van der Waals surface area contributed by atoms with Gasteiger partial charge in [0.1, 0.15) is 11.9 Å². The summed E-state index contributed by atoms with van der Waals surface area (Å²) in [5.41, 5.74) is 2.59. The highest BCUT2D eigenvalue weighted by molar-refractivity contribution is 5.82. The molecule has 6 rings (SSSR count). The zero-order valence-electron chi connectivity index (χ0n) is 22.1.